The van der Waals surface area contributed by atoms with Gasteiger partial charge in [0.2, 0.25) is 5.91 Å². The molecule has 0 saturated heterocycles. The summed E-state index contributed by atoms with van der Waals surface area (Å²) in [6.07, 6.45) is -4.42. The molecule has 98 valence electrons. The highest BCUT2D eigenvalue weighted by Crippen LogP contribution is 2.29. The van der Waals surface area contributed by atoms with Crippen molar-refractivity contribution in [1.29, 1.82) is 0 Å². The van der Waals surface area contributed by atoms with Gasteiger partial charge >= 0.3 is 12.2 Å². The Labute approximate surface area is 100 Å². The Hall–Kier alpha value is -2.25. The lowest BCUT2D eigenvalue weighted by atomic mass is 10.2. The van der Waals surface area contributed by atoms with Crippen molar-refractivity contribution in [2.45, 2.75) is 6.18 Å². The Balaban J connectivity index is 2.59. The van der Waals surface area contributed by atoms with Crippen LogP contribution in [0.4, 0.5) is 23.7 Å². The first-order valence-electron chi connectivity index (χ1n) is 4.79. The van der Waals surface area contributed by atoms with Crippen molar-refractivity contribution in [3.63, 3.8) is 0 Å². The molecule has 1 aromatic rings. The minimum Gasteiger partial charge on any atom is -0.368 e. The van der Waals surface area contributed by atoms with Gasteiger partial charge in [-0.05, 0) is 24.3 Å². The number of hydrogen-bond donors (Lipinski definition) is 3. The van der Waals surface area contributed by atoms with E-state index in [0.29, 0.717) is 0 Å². The molecule has 0 unspecified atom stereocenters. The van der Waals surface area contributed by atoms with Gasteiger partial charge in [0.15, 0.2) is 0 Å². The molecule has 0 aromatic heterocycles. The normalized spacial score (nSPS) is 10.8. The predicted molar refractivity (Wildman–Crippen MR) is 57.7 cm³/mol. The maximum atomic E-state index is 12.2. The molecule has 0 aliphatic heterocycles. The van der Waals surface area contributed by atoms with E-state index >= 15 is 0 Å². The van der Waals surface area contributed by atoms with Crippen LogP contribution in [0.1, 0.15) is 5.56 Å². The topological polar surface area (TPSA) is 84.2 Å². The fourth-order valence-corrected chi connectivity index (χ4v) is 1.09. The van der Waals surface area contributed by atoms with Crippen LogP contribution in [-0.2, 0) is 11.0 Å². The largest absolute Gasteiger partial charge is 0.416 e. The van der Waals surface area contributed by atoms with Crippen molar-refractivity contribution in [2.75, 3.05) is 11.9 Å². The van der Waals surface area contributed by atoms with Gasteiger partial charge in [-0.25, -0.2) is 4.79 Å². The molecule has 18 heavy (non-hydrogen) atoms. The third kappa shape index (κ3) is 4.32. The van der Waals surface area contributed by atoms with Gasteiger partial charge in [0.1, 0.15) is 0 Å². The van der Waals surface area contributed by atoms with Crippen LogP contribution in [0.5, 0.6) is 0 Å². The Morgan fingerprint density at radius 3 is 2.17 bits per heavy atom. The summed E-state index contributed by atoms with van der Waals surface area (Å²) in [7, 11) is 0. The predicted octanol–water partition coefficient (Wildman–Crippen LogP) is 1.31. The molecule has 3 amide bonds. The van der Waals surface area contributed by atoms with Crippen molar-refractivity contribution >= 4 is 17.6 Å². The molecule has 0 radical (unpaired) electrons. The van der Waals surface area contributed by atoms with Gasteiger partial charge in [-0.2, -0.15) is 13.2 Å². The minimum atomic E-state index is -4.42. The number of rotatable bonds is 3. The minimum absolute atomic E-state index is 0.171. The first kappa shape index (κ1) is 13.8. The van der Waals surface area contributed by atoms with Crippen LogP contribution in [-0.4, -0.2) is 18.5 Å². The first-order chi connectivity index (χ1) is 8.29. The number of carbonyl (C=O) groups is 2. The van der Waals surface area contributed by atoms with Crippen LogP contribution in [0, 0.1) is 0 Å². The van der Waals surface area contributed by atoms with Crippen LogP contribution in [0.2, 0.25) is 0 Å². The average Bonchev–Trinajstić information content (AvgIpc) is 2.26. The highest BCUT2D eigenvalue weighted by Gasteiger charge is 2.29. The summed E-state index contributed by atoms with van der Waals surface area (Å²) in [5.41, 5.74) is 4.15. The molecule has 0 heterocycles. The summed E-state index contributed by atoms with van der Waals surface area (Å²) >= 11 is 0. The van der Waals surface area contributed by atoms with Crippen molar-refractivity contribution in [3.8, 4) is 0 Å². The van der Waals surface area contributed by atoms with Crippen LogP contribution in [0.3, 0.4) is 0 Å². The highest BCUT2D eigenvalue weighted by atomic mass is 19.4. The fourth-order valence-electron chi connectivity index (χ4n) is 1.09. The zero-order valence-corrected chi connectivity index (χ0v) is 9.04. The molecule has 8 heteroatoms. The molecular weight excluding hydrogens is 251 g/mol. The van der Waals surface area contributed by atoms with Crippen molar-refractivity contribution in [3.05, 3.63) is 29.8 Å². The number of primary amides is 1. The molecule has 0 fully saturated rings. The summed E-state index contributed by atoms with van der Waals surface area (Å²) in [6.45, 7) is -0.355. The first-order valence-corrected chi connectivity index (χ1v) is 4.79. The molecule has 0 spiro atoms. The highest BCUT2D eigenvalue weighted by molar-refractivity contribution is 5.91. The van der Waals surface area contributed by atoms with E-state index < -0.39 is 23.7 Å². The van der Waals surface area contributed by atoms with Crippen LogP contribution in [0.25, 0.3) is 0 Å². The van der Waals surface area contributed by atoms with E-state index in [4.69, 9.17) is 5.73 Å². The van der Waals surface area contributed by atoms with E-state index in [2.05, 4.69) is 10.6 Å². The Kier molecular flexibility index (Phi) is 4.13. The molecule has 0 aliphatic carbocycles. The number of carbonyl (C=O) groups excluding carboxylic acids is 2. The summed E-state index contributed by atoms with van der Waals surface area (Å²) in [4.78, 5) is 21.5. The number of alkyl halides is 3. The fraction of sp³-hybridized carbons (Fsp3) is 0.200. The standard InChI is InChI=1S/C10H10F3N3O2/c11-10(12,13)6-1-3-7(4-2-6)16-9(18)15-5-8(14)17/h1-4H,5H2,(H2,14,17)(H2,15,16,18). The second-order valence-electron chi connectivity index (χ2n) is 3.35. The molecule has 0 bridgehead atoms. The van der Waals surface area contributed by atoms with Gasteiger partial charge in [0.05, 0.1) is 12.1 Å². The number of benzene rings is 1. The van der Waals surface area contributed by atoms with E-state index in [1.165, 1.54) is 0 Å². The van der Waals surface area contributed by atoms with Gasteiger partial charge in [-0.15, -0.1) is 0 Å². The zero-order valence-electron chi connectivity index (χ0n) is 9.04. The number of hydrogen-bond acceptors (Lipinski definition) is 2. The number of nitrogens with two attached hydrogens (primary N) is 1. The summed E-state index contributed by atoms with van der Waals surface area (Å²) in [5, 5.41) is 4.38. The Morgan fingerprint density at radius 1 is 1.17 bits per heavy atom. The Morgan fingerprint density at radius 2 is 1.72 bits per heavy atom. The van der Waals surface area contributed by atoms with Crippen LogP contribution >= 0.6 is 0 Å². The van der Waals surface area contributed by atoms with Gasteiger partial charge < -0.3 is 16.4 Å². The lowest BCUT2D eigenvalue weighted by molar-refractivity contribution is -0.137. The summed E-state index contributed by atoms with van der Waals surface area (Å²) < 4.78 is 36.7. The molecule has 0 atom stereocenters. The zero-order chi connectivity index (χ0) is 13.8. The van der Waals surface area contributed by atoms with E-state index in [1.54, 1.807) is 0 Å². The van der Waals surface area contributed by atoms with Gasteiger partial charge in [0, 0.05) is 5.69 Å². The van der Waals surface area contributed by atoms with Crippen LogP contribution < -0.4 is 16.4 Å². The second-order valence-corrected chi connectivity index (χ2v) is 3.35. The van der Waals surface area contributed by atoms with Gasteiger partial charge in [-0.3, -0.25) is 4.79 Å². The monoisotopic (exact) mass is 261 g/mol. The molecule has 0 aliphatic rings. The lowest BCUT2D eigenvalue weighted by Gasteiger charge is -2.09. The van der Waals surface area contributed by atoms with Gasteiger partial charge in [-0.1, -0.05) is 0 Å². The lowest BCUT2D eigenvalue weighted by Crippen LogP contribution is -2.36. The maximum absolute atomic E-state index is 12.2. The molecule has 0 saturated carbocycles. The second kappa shape index (κ2) is 5.39. The van der Waals surface area contributed by atoms with E-state index in [1.807, 2.05) is 0 Å². The third-order valence-corrected chi connectivity index (χ3v) is 1.89. The van der Waals surface area contributed by atoms with Crippen LogP contribution in [0.15, 0.2) is 24.3 Å². The summed E-state index contributed by atoms with van der Waals surface area (Å²) in [5.74, 6) is -0.724. The smallest absolute Gasteiger partial charge is 0.368 e. The van der Waals surface area contributed by atoms with E-state index in [0.717, 1.165) is 24.3 Å². The van der Waals surface area contributed by atoms with Gasteiger partial charge in [0.25, 0.3) is 0 Å². The molecule has 4 N–H and O–H groups in total. The SMILES string of the molecule is NC(=O)CNC(=O)Nc1ccc(C(F)(F)F)cc1. The van der Waals surface area contributed by atoms with E-state index in [9.17, 15) is 22.8 Å². The number of halogens is 3. The number of urea groups is 1. The number of anilines is 1. The number of nitrogens with one attached hydrogen (secondary N) is 2. The Bertz CT molecular complexity index is 443. The third-order valence-electron chi connectivity index (χ3n) is 1.89. The molecule has 5 nitrogen and oxygen atoms in total. The van der Waals surface area contributed by atoms with Crippen molar-refractivity contribution in [1.82, 2.24) is 5.32 Å². The molecule has 1 rings (SSSR count). The van der Waals surface area contributed by atoms with E-state index in [-0.39, 0.29) is 12.2 Å². The molecule has 1 aromatic carbocycles. The number of amides is 3. The van der Waals surface area contributed by atoms with Crippen molar-refractivity contribution in [2.24, 2.45) is 5.73 Å². The summed E-state index contributed by atoms with van der Waals surface area (Å²) in [6, 6.07) is 3.15. The quantitative estimate of drug-likeness (QED) is 0.766. The van der Waals surface area contributed by atoms with Crippen molar-refractivity contribution < 1.29 is 22.8 Å². The average molecular weight is 261 g/mol. The molecular formula is C10H10F3N3O2. The maximum Gasteiger partial charge on any atom is 0.416 e.